The highest BCUT2D eigenvalue weighted by Gasteiger charge is 2.19. The third-order valence-electron chi connectivity index (χ3n) is 5.02. The van der Waals surface area contributed by atoms with Crippen LogP contribution in [0.1, 0.15) is 25.5 Å². The van der Waals surface area contributed by atoms with Crippen LogP contribution in [0.3, 0.4) is 0 Å². The smallest absolute Gasteiger partial charge is 0.264 e. The van der Waals surface area contributed by atoms with Crippen LogP contribution in [-0.2, 0) is 13.0 Å². The molecule has 0 aliphatic rings. The van der Waals surface area contributed by atoms with Crippen LogP contribution in [-0.4, -0.2) is 33.9 Å². The van der Waals surface area contributed by atoms with Crippen molar-refractivity contribution in [3.05, 3.63) is 65.0 Å². The van der Waals surface area contributed by atoms with Crippen molar-refractivity contribution in [3.63, 3.8) is 0 Å². The molecule has 0 bridgehead atoms. The Balaban J connectivity index is 1.71. The van der Waals surface area contributed by atoms with Crippen molar-refractivity contribution in [1.29, 1.82) is 0 Å². The molecular formula is C20H19N7O. The van der Waals surface area contributed by atoms with E-state index in [4.69, 9.17) is 0 Å². The van der Waals surface area contributed by atoms with Crippen LogP contribution in [0.15, 0.2) is 53.8 Å². The zero-order valence-electron chi connectivity index (χ0n) is 15.6. The van der Waals surface area contributed by atoms with Crippen LogP contribution >= 0.6 is 0 Å². The van der Waals surface area contributed by atoms with Gasteiger partial charge >= 0.3 is 0 Å². The fourth-order valence-electron chi connectivity index (χ4n) is 3.69. The summed E-state index contributed by atoms with van der Waals surface area (Å²) in [6.07, 6.45) is 5.71. The lowest BCUT2D eigenvalue weighted by atomic mass is 10.1. The molecule has 0 saturated heterocycles. The number of fused-ring (bicyclic) bond motifs is 5. The molecule has 28 heavy (non-hydrogen) atoms. The van der Waals surface area contributed by atoms with Crippen molar-refractivity contribution in [2.24, 2.45) is 0 Å². The van der Waals surface area contributed by atoms with Gasteiger partial charge in [0, 0.05) is 18.8 Å². The molecule has 4 aromatic heterocycles. The lowest BCUT2D eigenvalue weighted by molar-refractivity contribution is 0.587. The van der Waals surface area contributed by atoms with Crippen LogP contribution in [0.5, 0.6) is 0 Å². The molecule has 5 aromatic rings. The Morgan fingerprint density at radius 2 is 1.82 bits per heavy atom. The Bertz CT molecular complexity index is 1360. The molecule has 0 atom stereocenters. The standard InChI is InChI=1S/C20H19N7O/c1-13(2)26-19(28)16-10-21-18-15(17(16)27-20(26)22-12-24-27)11-23-25(18)9-8-14-6-4-3-5-7-14/h3-7,10-13H,8-9H2,1-2H3. The summed E-state index contributed by atoms with van der Waals surface area (Å²) >= 11 is 0. The van der Waals surface area contributed by atoms with Gasteiger partial charge in [0.05, 0.1) is 22.5 Å². The molecule has 0 radical (unpaired) electrons. The van der Waals surface area contributed by atoms with Gasteiger partial charge in [0.1, 0.15) is 6.33 Å². The molecule has 140 valence electrons. The Labute approximate surface area is 160 Å². The van der Waals surface area contributed by atoms with Crippen LogP contribution in [0.2, 0.25) is 0 Å². The monoisotopic (exact) mass is 373 g/mol. The van der Waals surface area contributed by atoms with Gasteiger partial charge in [-0.1, -0.05) is 30.3 Å². The van der Waals surface area contributed by atoms with E-state index in [1.807, 2.05) is 36.7 Å². The quantitative estimate of drug-likeness (QED) is 0.484. The first-order valence-corrected chi connectivity index (χ1v) is 9.27. The molecule has 0 N–H and O–H groups in total. The minimum Gasteiger partial charge on any atom is -0.274 e. The van der Waals surface area contributed by atoms with Crippen molar-refractivity contribution in [2.45, 2.75) is 32.9 Å². The van der Waals surface area contributed by atoms with E-state index in [1.165, 1.54) is 11.9 Å². The molecule has 5 rings (SSSR count). The highest BCUT2D eigenvalue weighted by Crippen LogP contribution is 2.23. The fraction of sp³-hybridized carbons (Fsp3) is 0.250. The summed E-state index contributed by atoms with van der Waals surface area (Å²) in [4.78, 5) is 21.9. The third kappa shape index (κ3) is 2.41. The molecule has 0 spiro atoms. The lowest BCUT2D eigenvalue weighted by Crippen LogP contribution is -2.25. The topological polar surface area (TPSA) is 82.9 Å². The van der Waals surface area contributed by atoms with Gasteiger partial charge < -0.3 is 0 Å². The lowest BCUT2D eigenvalue weighted by Gasteiger charge is -2.13. The van der Waals surface area contributed by atoms with Gasteiger partial charge in [0.25, 0.3) is 5.56 Å². The number of benzene rings is 1. The maximum absolute atomic E-state index is 13.1. The molecule has 0 amide bonds. The van der Waals surface area contributed by atoms with Crippen LogP contribution in [0.4, 0.5) is 0 Å². The molecule has 0 aliphatic heterocycles. The molecule has 4 heterocycles. The number of pyridine rings is 1. The Hall–Kier alpha value is -3.55. The number of rotatable bonds is 4. The molecule has 8 heteroatoms. The van der Waals surface area contributed by atoms with Crippen molar-refractivity contribution < 1.29 is 0 Å². The van der Waals surface area contributed by atoms with Crippen molar-refractivity contribution >= 4 is 27.7 Å². The van der Waals surface area contributed by atoms with Crippen molar-refractivity contribution in [1.82, 2.24) is 33.9 Å². The van der Waals surface area contributed by atoms with Gasteiger partial charge in [-0.15, -0.1) is 0 Å². The number of aromatic nitrogens is 7. The summed E-state index contributed by atoms with van der Waals surface area (Å²) in [6.45, 7) is 4.61. The van der Waals surface area contributed by atoms with Gasteiger partial charge in [-0.25, -0.2) is 9.67 Å². The fourth-order valence-corrected chi connectivity index (χ4v) is 3.69. The zero-order valence-corrected chi connectivity index (χ0v) is 15.6. The summed E-state index contributed by atoms with van der Waals surface area (Å²) in [6, 6.07) is 10.2. The van der Waals surface area contributed by atoms with E-state index < -0.39 is 0 Å². The number of hydrogen-bond acceptors (Lipinski definition) is 5. The highest BCUT2D eigenvalue weighted by atomic mass is 16.1. The first-order chi connectivity index (χ1) is 13.6. The minimum absolute atomic E-state index is 0.0344. The third-order valence-corrected chi connectivity index (χ3v) is 5.02. The maximum atomic E-state index is 13.1. The largest absolute Gasteiger partial charge is 0.274 e. The van der Waals surface area contributed by atoms with E-state index in [0.717, 1.165) is 17.5 Å². The number of nitrogens with zero attached hydrogens (tertiary/aromatic N) is 7. The van der Waals surface area contributed by atoms with E-state index in [2.05, 4.69) is 32.3 Å². The number of hydrogen-bond donors (Lipinski definition) is 0. The Morgan fingerprint density at radius 3 is 2.61 bits per heavy atom. The average Bonchev–Trinajstić information content (AvgIpc) is 3.33. The molecule has 1 aromatic carbocycles. The SMILES string of the molecule is CC(C)n1c(=O)c2cnc3c(cnn3CCc3ccccc3)c2n2ncnc12. The van der Waals surface area contributed by atoms with Gasteiger partial charge in [0.15, 0.2) is 5.65 Å². The normalized spacial score (nSPS) is 12.0. The van der Waals surface area contributed by atoms with E-state index in [0.29, 0.717) is 23.2 Å². The van der Waals surface area contributed by atoms with E-state index in [1.54, 1.807) is 21.5 Å². The van der Waals surface area contributed by atoms with Crippen LogP contribution in [0, 0.1) is 0 Å². The van der Waals surface area contributed by atoms with E-state index in [9.17, 15) is 4.79 Å². The average molecular weight is 373 g/mol. The molecule has 0 fully saturated rings. The van der Waals surface area contributed by atoms with Crippen LogP contribution in [0.25, 0.3) is 27.7 Å². The summed E-state index contributed by atoms with van der Waals surface area (Å²) in [5.74, 6) is 0.525. The maximum Gasteiger partial charge on any atom is 0.264 e. The highest BCUT2D eigenvalue weighted by molar-refractivity contribution is 6.02. The van der Waals surface area contributed by atoms with Crippen molar-refractivity contribution in [3.8, 4) is 0 Å². The zero-order chi connectivity index (χ0) is 19.3. The Morgan fingerprint density at radius 1 is 1.00 bits per heavy atom. The van der Waals surface area contributed by atoms with Crippen molar-refractivity contribution in [2.75, 3.05) is 0 Å². The van der Waals surface area contributed by atoms with Gasteiger partial charge in [0.2, 0.25) is 5.78 Å². The predicted octanol–water partition coefficient (Wildman–Crippen LogP) is 2.61. The van der Waals surface area contributed by atoms with E-state index in [-0.39, 0.29) is 11.6 Å². The first kappa shape index (κ1) is 16.6. The summed E-state index contributed by atoms with van der Waals surface area (Å²) in [7, 11) is 0. The van der Waals surface area contributed by atoms with Crippen LogP contribution < -0.4 is 5.56 Å². The molecule has 8 nitrogen and oxygen atoms in total. The molecule has 0 unspecified atom stereocenters. The molecule has 0 saturated carbocycles. The summed E-state index contributed by atoms with van der Waals surface area (Å²) < 4.78 is 5.23. The van der Waals surface area contributed by atoms with E-state index >= 15 is 0 Å². The second-order valence-corrected chi connectivity index (χ2v) is 7.10. The van der Waals surface area contributed by atoms with Gasteiger partial charge in [-0.05, 0) is 25.8 Å². The second kappa shape index (κ2) is 6.26. The van der Waals surface area contributed by atoms with Gasteiger partial charge in [-0.3, -0.25) is 9.36 Å². The number of aryl methyl sites for hydroxylation is 2. The van der Waals surface area contributed by atoms with Gasteiger partial charge in [-0.2, -0.15) is 19.7 Å². The second-order valence-electron chi connectivity index (χ2n) is 7.10. The molecular weight excluding hydrogens is 354 g/mol. The predicted molar refractivity (Wildman–Crippen MR) is 106 cm³/mol. The summed E-state index contributed by atoms with van der Waals surface area (Å²) in [5.41, 5.74) is 2.56. The first-order valence-electron chi connectivity index (χ1n) is 9.27. The Kier molecular flexibility index (Phi) is 3.71. The molecule has 0 aliphatic carbocycles. The summed E-state index contributed by atoms with van der Waals surface area (Å²) in [5, 5.41) is 10.2. The minimum atomic E-state index is -0.114.